The van der Waals surface area contributed by atoms with Gasteiger partial charge in [0.1, 0.15) is 5.70 Å². The Balaban J connectivity index is 1.97. The van der Waals surface area contributed by atoms with Crippen LogP contribution in [0.4, 0.5) is 11.4 Å². The van der Waals surface area contributed by atoms with Crippen LogP contribution in [0.2, 0.25) is 0 Å². The highest BCUT2D eigenvalue weighted by Gasteiger charge is 2.31. The molecule has 0 bridgehead atoms. The highest BCUT2D eigenvalue weighted by molar-refractivity contribution is 6.06. The summed E-state index contributed by atoms with van der Waals surface area (Å²) in [6.07, 6.45) is 8.01. The van der Waals surface area contributed by atoms with E-state index in [2.05, 4.69) is 4.90 Å². The van der Waals surface area contributed by atoms with Crippen LogP contribution in [0.5, 0.6) is 0 Å². The summed E-state index contributed by atoms with van der Waals surface area (Å²) in [5, 5.41) is 0. The lowest BCUT2D eigenvalue weighted by Crippen LogP contribution is -2.38. The third-order valence-electron chi connectivity index (χ3n) is 5.49. The summed E-state index contributed by atoms with van der Waals surface area (Å²) in [5.74, 6) is -1.56. The van der Waals surface area contributed by atoms with Gasteiger partial charge in [0.25, 0.3) is 0 Å². The van der Waals surface area contributed by atoms with E-state index in [-0.39, 0.29) is 23.2 Å². The second kappa shape index (κ2) is 10.7. The number of nitrogens with zero attached hydrogens (tertiary/aromatic N) is 2. The summed E-state index contributed by atoms with van der Waals surface area (Å²) in [5.41, 5.74) is 1.76. The van der Waals surface area contributed by atoms with Crippen molar-refractivity contribution in [3.05, 3.63) is 60.0 Å². The van der Waals surface area contributed by atoms with Gasteiger partial charge in [0.15, 0.2) is 0 Å². The van der Waals surface area contributed by atoms with E-state index in [9.17, 15) is 14.4 Å². The number of hydrogen-bond donors (Lipinski definition) is 0. The monoisotopic (exact) mass is 440 g/mol. The predicted octanol–water partition coefficient (Wildman–Crippen LogP) is 2.96. The Morgan fingerprint density at radius 3 is 2.25 bits per heavy atom. The number of carbonyl (C=O) groups excluding carboxylic acids is 3. The van der Waals surface area contributed by atoms with Crippen molar-refractivity contribution < 1.29 is 28.6 Å². The Hall–Kier alpha value is -3.55. The van der Waals surface area contributed by atoms with Crippen molar-refractivity contribution in [3.8, 4) is 0 Å². The standard InChI is InChI=1S/C24H28N2O6/c1-4-32-22(27)17-12-15-25(16-13-17)19-10-5-6-11-20(19)26-14-8-7-9-18(23(28)30-2)21(26)24(29)31-3/h5-11,14,17H,4,12-13,15-16H2,1-3H3. The summed E-state index contributed by atoms with van der Waals surface area (Å²) in [7, 11) is 2.54. The zero-order chi connectivity index (χ0) is 23.1. The molecule has 1 fully saturated rings. The molecule has 2 heterocycles. The molecule has 3 rings (SSSR count). The number of rotatable bonds is 6. The molecule has 1 aromatic rings. The molecule has 8 heteroatoms. The van der Waals surface area contributed by atoms with Gasteiger partial charge in [-0.3, -0.25) is 4.79 Å². The smallest absolute Gasteiger partial charge is 0.355 e. The van der Waals surface area contributed by atoms with Gasteiger partial charge in [0.2, 0.25) is 0 Å². The van der Waals surface area contributed by atoms with Crippen LogP contribution in [0.25, 0.3) is 0 Å². The average Bonchev–Trinajstić information content (AvgIpc) is 3.06. The van der Waals surface area contributed by atoms with E-state index in [1.54, 1.807) is 23.3 Å². The maximum absolute atomic E-state index is 12.7. The van der Waals surface area contributed by atoms with Crippen LogP contribution in [-0.2, 0) is 28.6 Å². The van der Waals surface area contributed by atoms with Crippen LogP contribution in [-0.4, -0.2) is 51.8 Å². The molecular weight excluding hydrogens is 412 g/mol. The lowest BCUT2D eigenvalue weighted by Gasteiger charge is -2.35. The van der Waals surface area contributed by atoms with Gasteiger partial charge in [-0.1, -0.05) is 18.2 Å². The van der Waals surface area contributed by atoms with E-state index < -0.39 is 11.9 Å². The second-order valence-electron chi connectivity index (χ2n) is 7.32. The van der Waals surface area contributed by atoms with Crippen molar-refractivity contribution in [2.24, 2.45) is 5.92 Å². The number of benzene rings is 1. The molecule has 170 valence electrons. The molecule has 1 aromatic carbocycles. The topological polar surface area (TPSA) is 85.4 Å². The summed E-state index contributed by atoms with van der Waals surface area (Å²) in [4.78, 5) is 41.1. The molecule has 0 unspecified atom stereocenters. The highest BCUT2D eigenvalue weighted by Crippen LogP contribution is 2.36. The average molecular weight is 440 g/mol. The number of hydrogen-bond acceptors (Lipinski definition) is 8. The Morgan fingerprint density at radius 1 is 0.969 bits per heavy atom. The van der Waals surface area contributed by atoms with Crippen LogP contribution in [0, 0.1) is 5.92 Å². The number of ether oxygens (including phenoxy) is 3. The van der Waals surface area contributed by atoms with Crippen LogP contribution < -0.4 is 9.80 Å². The summed E-state index contributed by atoms with van der Waals surface area (Å²) < 4.78 is 15.1. The lowest BCUT2D eigenvalue weighted by atomic mass is 9.96. The Bertz CT molecular complexity index is 957. The van der Waals surface area contributed by atoms with E-state index in [1.165, 1.54) is 20.3 Å². The SMILES string of the molecule is CCOC(=O)C1CCN(c2ccccc2N2C=CC=CC(C(=O)OC)=C2C(=O)OC)CC1. The van der Waals surface area contributed by atoms with E-state index in [1.807, 2.05) is 31.2 Å². The molecule has 0 radical (unpaired) electrons. The summed E-state index contributed by atoms with van der Waals surface area (Å²) >= 11 is 0. The van der Waals surface area contributed by atoms with Crippen molar-refractivity contribution in [3.63, 3.8) is 0 Å². The molecule has 0 aromatic heterocycles. The molecule has 0 amide bonds. The van der Waals surface area contributed by atoms with Crippen molar-refractivity contribution in [1.82, 2.24) is 0 Å². The van der Waals surface area contributed by atoms with Crippen LogP contribution in [0.15, 0.2) is 60.0 Å². The number of anilines is 2. The minimum absolute atomic E-state index is 0.0678. The van der Waals surface area contributed by atoms with Gasteiger partial charge in [-0.2, -0.15) is 0 Å². The first-order chi connectivity index (χ1) is 15.5. The Kier molecular flexibility index (Phi) is 7.70. The van der Waals surface area contributed by atoms with E-state index >= 15 is 0 Å². The number of carbonyl (C=O) groups is 3. The second-order valence-corrected chi connectivity index (χ2v) is 7.32. The fourth-order valence-electron chi connectivity index (χ4n) is 3.90. The Labute approximate surface area is 187 Å². The Morgan fingerprint density at radius 2 is 1.62 bits per heavy atom. The minimum atomic E-state index is -0.655. The molecule has 2 aliphatic rings. The van der Waals surface area contributed by atoms with Crippen molar-refractivity contribution >= 4 is 29.3 Å². The van der Waals surface area contributed by atoms with E-state index in [4.69, 9.17) is 14.2 Å². The van der Waals surface area contributed by atoms with E-state index in [0.717, 1.165) is 5.69 Å². The van der Waals surface area contributed by atoms with Gasteiger partial charge in [-0.15, -0.1) is 0 Å². The third-order valence-corrected chi connectivity index (χ3v) is 5.49. The normalized spacial score (nSPS) is 16.6. The minimum Gasteiger partial charge on any atom is -0.466 e. The van der Waals surface area contributed by atoms with Crippen LogP contribution >= 0.6 is 0 Å². The molecule has 8 nitrogen and oxygen atoms in total. The van der Waals surface area contributed by atoms with Crippen molar-refractivity contribution in [2.45, 2.75) is 19.8 Å². The van der Waals surface area contributed by atoms with E-state index in [0.29, 0.717) is 38.2 Å². The largest absolute Gasteiger partial charge is 0.466 e. The first-order valence-corrected chi connectivity index (χ1v) is 10.6. The molecular formula is C24H28N2O6. The van der Waals surface area contributed by atoms with Crippen molar-refractivity contribution in [2.75, 3.05) is 43.7 Å². The maximum atomic E-state index is 12.7. The molecule has 0 atom stereocenters. The fraction of sp³-hybridized carbons (Fsp3) is 0.375. The van der Waals surface area contributed by atoms with Gasteiger partial charge < -0.3 is 24.0 Å². The summed E-state index contributed by atoms with van der Waals surface area (Å²) in [6.45, 7) is 3.51. The van der Waals surface area contributed by atoms with Crippen LogP contribution in [0.1, 0.15) is 19.8 Å². The first kappa shape index (κ1) is 23.1. The lowest BCUT2D eigenvalue weighted by molar-refractivity contribution is -0.148. The van der Waals surface area contributed by atoms with Crippen molar-refractivity contribution in [1.29, 1.82) is 0 Å². The number of piperidine rings is 1. The summed E-state index contributed by atoms with van der Waals surface area (Å²) in [6, 6.07) is 7.61. The molecule has 0 N–H and O–H groups in total. The zero-order valence-electron chi connectivity index (χ0n) is 18.6. The maximum Gasteiger partial charge on any atom is 0.355 e. The number of esters is 3. The fourth-order valence-corrected chi connectivity index (χ4v) is 3.90. The van der Waals surface area contributed by atoms with Gasteiger partial charge in [0.05, 0.1) is 43.7 Å². The predicted molar refractivity (Wildman–Crippen MR) is 120 cm³/mol. The zero-order valence-corrected chi connectivity index (χ0v) is 18.6. The quantitative estimate of drug-likeness (QED) is 0.493. The third kappa shape index (κ3) is 4.85. The molecule has 0 spiro atoms. The molecule has 2 aliphatic heterocycles. The van der Waals surface area contributed by atoms with Gasteiger partial charge in [0, 0.05) is 19.3 Å². The van der Waals surface area contributed by atoms with Crippen LogP contribution in [0.3, 0.4) is 0 Å². The highest BCUT2D eigenvalue weighted by atomic mass is 16.5. The number of methoxy groups -OCH3 is 2. The van der Waals surface area contributed by atoms with Gasteiger partial charge in [-0.05, 0) is 44.1 Å². The first-order valence-electron chi connectivity index (χ1n) is 10.6. The molecule has 32 heavy (non-hydrogen) atoms. The van der Waals surface area contributed by atoms with Gasteiger partial charge >= 0.3 is 17.9 Å². The molecule has 0 saturated carbocycles. The number of allylic oxidation sites excluding steroid dienone is 2. The van der Waals surface area contributed by atoms with Gasteiger partial charge in [-0.25, -0.2) is 9.59 Å². The number of para-hydroxylation sites is 2. The molecule has 1 saturated heterocycles. The molecule has 0 aliphatic carbocycles.